The lowest BCUT2D eigenvalue weighted by atomic mass is 9.94. The molecule has 2 aromatic carbocycles. The first-order chi connectivity index (χ1) is 20.6. The molecule has 1 fully saturated rings. The van der Waals surface area contributed by atoms with Crippen LogP contribution in [0.25, 0.3) is 12.2 Å². The van der Waals surface area contributed by atoms with Gasteiger partial charge in [0.05, 0.1) is 49.7 Å². The predicted octanol–water partition coefficient (Wildman–Crippen LogP) is 6.64. The zero-order chi connectivity index (χ0) is 31.5. The molecule has 0 N–H and O–H groups in total. The van der Waals surface area contributed by atoms with Gasteiger partial charge in [0.2, 0.25) is 0 Å². The summed E-state index contributed by atoms with van der Waals surface area (Å²) in [4.78, 5) is 15.6. The van der Waals surface area contributed by atoms with E-state index in [0.29, 0.717) is 22.3 Å². The Hall–Kier alpha value is -3.17. The minimum atomic E-state index is -4.02. The molecule has 0 unspecified atom stereocenters. The van der Waals surface area contributed by atoms with Gasteiger partial charge in [-0.2, -0.15) is 10.5 Å². The minimum Gasteiger partial charge on any atom is -0.308 e. The average molecular weight is 626 g/mol. The fraction of sp³-hybridized carbons (Fsp3) is 0.387. The molecular weight excluding hydrogens is 588 g/mol. The van der Waals surface area contributed by atoms with Gasteiger partial charge in [0, 0.05) is 30.8 Å². The van der Waals surface area contributed by atoms with Crippen molar-refractivity contribution in [3.8, 4) is 12.1 Å². The van der Waals surface area contributed by atoms with Crippen LogP contribution in [0.15, 0.2) is 59.7 Å². The van der Waals surface area contributed by atoms with Gasteiger partial charge in [-0.3, -0.25) is 18.8 Å². The Bertz CT molecular complexity index is 1380. The van der Waals surface area contributed by atoms with E-state index in [1.165, 1.54) is 0 Å². The summed E-state index contributed by atoms with van der Waals surface area (Å²) in [6, 6.07) is 17.8. The summed E-state index contributed by atoms with van der Waals surface area (Å²) in [5, 5.41) is 17.1. The fourth-order valence-electron chi connectivity index (χ4n) is 4.69. The lowest BCUT2D eigenvalue weighted by Gasteiger charge is -2.37. The molecule has 0 spiro atoms. The van der Waals surface area contributed by atoms with Gasteiger partial charge in [-0.05, 0) is 75.2 Å². The average Bonchev–Trinajstić information content (AvgIpc) is 2.99. The third kappa shape index (κ3) is 8.92. The molecule has 0 amide bonds. The standard InChI is InChI=1S/C31H37N3O7P2/c1-5-38-42(36,39-6-2)30(43(37,40-7-3)41-8-4)23-34-21-28(17-24-9-13-26(19-32)14-10-24)31(35)29(22-34)18-25-11-15-27(20-33)16-12-25/h9-18,30H,5-8,21-23H2,1-4H3/b28-17+,29-18+. The van der Waals surface area contributed by atoms with Gasteiger partial charge in [-0.1, -0.05) is 24.3 Å². The Morgan fingerprint density at radius 3 is 1.37 bits per heavy atom. The number of hydrogen-bond donors (Lipinski definition) is 0. The highest BCUT2D eigenvalue weighted by atomic mass is 31.2. The van der Waals surface area contributed by atoms with Gasteiger partial charge in [-0.15, -0.1) is 0 Å². The van der Waals surface area contributed by atoms with Gasteiger partial charge >= 0.3 is 15.2 Å². The molecule has 228 valence electrons. The highest BCUT2D eigenvalue weighted by molar-refractivity contribution is 7.72. The summed E-state index contributed by atoms with van der Waals surface area (Å²) in [6.45, 7) is 7.13. The molecule has 10 nitrogen and oxygen atoms in total. The van der Waals surface area contributed by atoms with Crippen LogP contribution in [0.3, 0.4) is 0 Å². The predicted molar refractivity (Wildman–Crippen MR) is 165 cm³/mol. The van der Waals surface area contributed by atoms with Gasteiger partial charge in [-0.25, -0.2) is 0 Å². The first kappa shape index (κ1) is 34.3. The highest BCUT2D eigenvalue weighted by Gasteiger charge is 2.52. The smallest absolute Gasteiger partial charge is 0.308 e. The molecule has 43 heavy (non-hydrogen) atoms. The number of carbonyl (C=O) groups excluding carboxylic acids is 1. The SMILES string of the molecule is CCOP(=O)(OCC)C(CN1C/C(=C\c2ccc(C#N)cc2)C(=O)/C(=C/c2ccc(C#N)cc2)C1)P(=O)(OCC)OCC. The number of ketones is 1. The molecule has 2 aromatic rings. The van der Waals surface area contributed by atoms with Crippen molar-refractivity contribution in [2.24, 2.45) is 0 Å². The quantitative estimate of drug-likeness (QED) is 0.166. The van der Waals surface area contributed by atoms with Gasteiger partial charge in [0.1, 0.15) is 0 Å². The second-order valence-corrected chi connectivity index (χ2v) is 14.4. The molecule has 0 saturated carbocycles. The van der Waals surface area contributed by atoms with Crippen LogP contribution in [0, 0.1) is 22.7 Å². The minimum absolute atomic E-state index is 0.0538. The van der Waals surface area contributed by atoms with Crippen LogP contribution in [0.2, 0.25) is 0 Å². The number of hydrogen-bond acceptors (Lipinski definition) is 10. The van der Waals surface area contributed by atoms with E-state index < -0.39 is 20.6 Å². The van der Waals surface area contributed by atoms with Crippen LogP contribution in [0.4, 0.5) is 0 Å². The van der Waals surface area contributed by atoms with E-state index in [-0.39, 0.29) is 51.8 Å². The molecular formula is C31H37N3O7P2. The van der Waals surface area contributed by atoms with Crippen molar-refractivity contribution in [2.75, 3.05) is 46.1 Å². The van der Waals surface area contributed by atoms with Gasteiger partial charge in [0.15, 0.2) is 11.2 Å². The van der Waals surface area contributed by atoms with Gasteiger partial charge < -0.3 is 18.1 Å². The maximum absolute atomic E-state index is 14.2. The van der Waals surface area contributed by atoms with Crippen molar-refractivity contribution in [2.45, 2.75) is 33.1 Å². The van der Waals surface area contributed by atoms with Crippen molar-refractivity contribution in [3.63, 3.8) is 0 Å². The van der Waals surface area contributed by atoms with Crippen LogP contribution in [0.1, 0.15) is 49.9 Å². The Morgan fingerprint density at radius 1 is 0.721 bits per heavy atom. The first-order valence-corrected chi connectivity index (χ1v) is 17.3. The van der Waals surface area contributed by atoms with E-state index in [1.807, 2.05) is 4.90 Å². The molecule has 0 atom stereocenters. The van der Waals surface area contributed by atoms with Crippen molar-refractivity contribution < 1.29 is 32.0 Å². The molecule has 0 radical (unpaired) electrons. The van der Waals surface area contributed by atoms with Crippen molar-refractivity contribution in [3.05, 3.63) is 81.9 Å². The van der Waals surface area contributed by atoms with Crippen molar-refractivity contribution >= 4 is 33.1 Å². The van der Waals surface area contributed by atoms with Crippen LogP contribution < -0.4 is 0 Å². The number of carbonyl (C=O) groups is 1. The number of rotatable bonds is 14. The zero-order valence-electron chi connectivity index (χ0n) is 24.9. The van der Waals surface area contributed by atoms with Crippen LogP contribution in [-0.4, -0.2) is 62.1 Å². The molecule has 0 aliphatic carbocycles. The van der Waals surface area contributed by atoms with Crippen molar-refractivity contribution in [1.29, 1.82) is 10.5 Å². The number of nitriles is 2. The number of piperidine rings is 1. The maximum Gasteiger partial charge on any atom is 0.347 e. The van der Waals surface area contributed by atoms with E-state index in [2.05, 4.69) is 12.1 Å². The topological polar surface area (TPSA) is 139 Å². The lowest BCUT2D eigenvalue weighted by molar-refractivity contribution is -0.113. The number of likely N-dealkylation sites (tertiary alicyclic amines) is 1. The summed E-state index contributed by atoms with van der Waals surface area (Å²) >= 11 is 0. The fourth-order valence-corrected chi connectivity index (χ4v) is 10.0. The summed E-state index contributed by atoms with van der Waals surface area (Å²) in [6.07, 6.45) is 3.49. The van der Waals surface area contributed by atoms with Crippen LogP contribution >= 0.6 is 15.2 Å². The molecule has 1 heterocycles. The second kappa shape index (κ2) is 16.1. The largest absolute Gasteiger partial charge is 0.347 e. The zero-order valence-corrected chi connectivity index (χ0v) is 26.7. The summed E-state index contributed by atoms with van der Waals surface area (Å²) in [5.74, 6) is -0.183. The van der Waals surface area contributed by atoms with Gasteiger partial charge in [0.25, 0.3) is 0 Å². The maximum atomic E-state index is 14.2. The molecule has 0 bridgehead atoms. The van der Waals surface area contributed by atoms with E-state index in [4.69, 9.17) is 28.6 Å². The summed E-state index contributed by atoms with van der Waals surface area (Å²) in [7, 11) is -8.05. The molecule has 3 rings (SSSR count). The molecule has 1 saturated heterocycles. The Balaban J connectivity index is 2.11. The Kier molecular flexibility index (Phi) is 12.8. The Labute approximate surface area is 253 Å². The van der Waals surface area contributed by atoms with Crippen molar-refractivity contribution in [1.82, 2.24) is 4.90 Å². The van der Waals surface area contributed by atoms with E-state index in [1.54, 1.807) is 88.4 Å². The van der Waals surface area contributed by atoms with Crippen LogP contribution in [-0.2, 0) is 32.0 Å². The molecule has 12 heteroatoms. The number of nitrogens with zero attached hydrogens (tertiary/aromatic N) is 3. The normalized spacial score (nSPS) is 16.5. The van der Waals surface area contributed by atoms with Crippen LogP contribution in [0.5, 0.6) is 0 Å². The third-order valence-electron chi connectivity index (χ3n) is 6.52. The third-order valence-corrected chi connectivity index (χ3v) is 12.5. The van der Waals surface area contributed by atoms with E-state index in [9.17, 15) is 13.9 Å². The van der Waals surface area contributed by atoms with E-state index >= 15 is 0 Å². The summed E-state index contributed by atoms with van der Waals surface area (Å²) < 4.78 is 50.9. The lowest BCUT2D eigenvalue weighted by Crippen LogP contribution is -2.42. The number of Topliss-reactive ketones (excluding diaryl/α,β-unsaturated/α-hetero) is 1. The first-order valence-electron chi connectivity index (χ1n) is 14.1. The highest BCUT2D eigenvalue weighted by Crippen LogP contribution is 2.70. The monoisotopic (exact) mass is 625 g/mol. The molecule has 1 aliphatic heterocycles. The van der Waals surface area contributed by atoms with E-state index in [0.717, 1.165) is 11.1 Å². The number of benzene rings is 2. The second-order valence-electron chi connectivity index (χ2n) is 9.54. The molecule has 0 aromatic heterocycles. The Morgan fingerprint density at radius 2 is 1.07 bits per heavy atom. The summed E-state index contributed by atoms with van der Waals surface area (Å²) in [5.41, 5.74) is 3.32. The molecule has 1 aliphatic rings.